The third-order valence-corrected chi connectivity index (χ3v) is 27.1. The van der Waals surface area contributed by atoms with Crippen LogP contribution in [0.5, 0.6) is 5.75 Å². The van der Waals surface area contributed by atoms with Crippen LogP contribution < -0.4 is 4.74 Å². The van der Waals surface area contributed by atoms with E-state index >= 15 is 0 Å². The first-order valence-corrected chi connectivity index (χ1v) is 42.6. The molecule has 4 unspecified atom stereocenters. The fraction of sp³-hybridized carbons (Fsp3) is 0.689. The van der Waals surface area contributed by atoms with Crippen LogP contribution in [-0.2, 0) is 97.3 Å². The predicted molar refractivity (Wildman–Crippen MR) is 404 cm³/mol. The Hall–Kier alpha value is -7.48. The summed E-state index contributed by atoms with van der Waals surface area (Å²) in [5.74, 6) is -0.0503. The van der Waals surface area contributed by atoms with Crippen molar-refractivity contribution in [2.45, 2.75) is 307 Å². The topological polar surface area (TPSA) is 279 Å². The summed E-state index contributed by atoms with van der Waals surface area (Å²) in [5.41, 5.74) is 3.28. The maximum atomic E-state index is 12.4. The molecule has 6 saturated heterocycles. The summed E-state index contributed by atoms with van der Waals surface area (Å²) in [5, 5.41) is 0. The number of benzene rings is 2. The Bertz CT molecular complexity index is 3570. The van der Waals surface area contributed by atoms with Gasteiger partial charge in [-0.05, 0) is 259 Å². The van der Waals surface area contributed by atoms with E-state index in [9.17, 15) is 57.5 Å². The molecule has 12 aliphatic rings. The minimum absolute atomic E-state index is 0.00154. The normalized spacial score (nSPS) is 32.0. The van der Waals surface area contributed by atoms with E-state index in [2.05, 4.69) is 47.6 Å². The largest absolute Gasteiger partial charge is 0.493 e. The second-order valence-corrected chi connectivity index (χ2v) is 34.6. The van der Waals surface area contributed by atoms with Crippen LogP contribution in [0.15, 0.2) is 60.7 Å². The predicted octanol–water partition coefficient (Wildman–Crippen LogP) is 17.3. The highest BCUT2D eigenvalue weighted by Gasteiger charge is 2.43. The number of ether oxygens (including phenoxy) is 8. The molecular formula is C90H118O20. The van der Waals surface area contributed by atoms with Gasteiger partial charge >= 0.3 is 71.6 Å². The van der Waals surface area contributed by atoms with E-state index in [1.54, 1.807) is 30.3 Å². The van der Waals surface area contributed by atoms with Crippen LogP contribution in [0.4, 0.5) is 0 Å². The van der Waals surface area contributed by atoms with Crippen molar-refractivity contribution in [3.05, 3.63) is 88.5 Å². The van der Waals surface area contributed by atoms with E-state index in [1.165, 1.54) is 141 Å². The van der Waals surface area contributed by atoms with Gasteiger partial charge in [0, 0.05) is 31.2 Å². The molecule has 20 heteroatoms. The molecule has 0 radical (unpaired) electrons. The highest BCUT2D eigenvalue weighted by atomic mass is 16.6. The van der Waals surface area contributed by atoms with Crippen molar-refractivity contribution in [3.8, 4) is 5.75 Å². The molecule has 6 saturated carbocycles. The van der Waals surface area contributed by atoms with Gasteiger partial charge in [0.25, 0.3) is 0 Å². The zero-order valence-corrected chi connectivity index (χ0v) is 65.0. The molecule has 0 bridgehead atoms. The van der Waals surface area contributed by atoms with Gasteiger partial charge in [0.15, 0.2) is 0 Å². The number of unbranched alkanes of at least 4 members (excludes halogenated alkanes) is 2. The average Bonchev–Trinajstić information content (AvgIpc) is 1.57. The first-order chi connectivity index (χ1) is 53.3. The Labute approximate surface area is 648 Å². The molecule has 6 heterocycles. The first kappa shape index (κ1) is 82.0. The van der Waals surface area contributed by atoms with Crippen LogP contribution in [0.2, 0.25) is 0 Å². The fourth-order valence-corrected chi connectivity index (χ4v) is 20.6. The molecule has 2 aromatic rings. The van der Waals surface area contributed by atoms with E-state index in [0.717, 1.165) is 105 Å². The summed E-state index contributed by atoms with van der Waals surface area (Å²) < 4.78 is 40.8. The van der Waals surface area contributed by atoms with E-state index in [0.29, 0.717) is 89.9 Å². The van der Waals surface area contributed by atoms with Gasteiger partial charge < -0.3 is 37.9 Å². The van der Waals surface area contributed by atoms with Crippen LogP contribution in [-0.4, -0.2) is 84.3 Å². The van der Waals surface area contributed by atoms with E-state index in [1.807, 2.05) is 6.07 Å². The van der Waals surface area contributed by atoms with Crippen LogP contribution >= 0.6 is 0 Å². The van der Waals surface area contributed by atoms with Gasteiger partial charge in [0.1, 0.15) is 5.75 Å². The summed E-state index contributed by atoms with van der Waals surface area (Å²) >= 11 is 0. The Morgan fingerprint density at radius 3 is 1.10 bits per heavy atom. The molecule has 0 N–H and O–H groups in total. The SMILES string of the molecule is CCCC1CCC(/C=C/C2CCC(CCCOc3cc(C4CC(=O)OC4=O)ccc3C3CC(=O)OC3=O)CC2)CC1.CCCCCC1CCC(C2CCC(/C=C/C3CCC(OCc4cc(C5CC(=O)OC5=O)ccc4C4CC(=O)OC4=O)CC3)CC2)CC1.O=C1CC(C2CCC(C3CC(=O)OC(=O)C3)CC2)CC(=O)O1. The van der Waals surface area contributed by atoms with Gasteiger partial charge in [0.05, 0.1) is 68.7 Å². The minimum Gasteiger partial charge on any atom is -0.493 e. The van der Waals surface area contributed by atoms with Crippen molar-refractivity contribution in [1.82, 2.24) is 0 Å². The van der Waals surface area contributed by atoms with Gasteiger partial charge in [0.2, 0.25) is 0 Å². The van der Waals surface area contributed by atoms with Gasteiger partial charge in [-0.2, -0.15) is 0 Å². The second kappa shape index (κ2) is 39.8. The van der Waals surface area contributed by atoms with E-state index in [4.69, 9.17) is 28.4 Å². The zero-order valence-electron chi connectivity index (χ0n) is 65.0. The van der Waals surface area contributed by atoms with Crippen molar-refractivity contribution in [1.29, 1.82) is 0 Å². The smallest absolute Gasteiger partial charge is 0.321 e. The summed E-state index contributed by atoms with van der Waals surface area (Å²) in [7, 11) is 0. The third-order valence-electron chi connectivity index (χ3n) is 27.1. The lowest BCUT2D eigenvalue weighted by Gasteiger charge is -2.37. The average molecular weight is 1520 g/mol. The summed E-state index contributed by atoms with van der Waals surface area (Å²) in [6.07, 6.45) is 51.6. The van der Waals surface area contributed by atoms with Crippen LogP contribution in [0.25, 0.3) is 0 Å². The van der Waals surface area contributed by atoms with E-state index in [-0.39, 0.29) is 50.2 Å². The number of carbonyl (C=O) groups excluding carboxylic acids is 12. The molecule has 2 aromatic carbocycles. The Morgan fingerprint density at radius 2 is 0.673 bits per heavy atom. The van der Waals surface area contributed by atoms with Crippen LogP contribution in [0.1, 0.15) is 322 Å². The number of hydrogen-bond donors (Lipinski definition) is 0. The monoisotopic (exact) mass is 1520 g/mol. The third kappa shape index (κ3) is 22.9. The zero-order chi connectivity index (χ0) is 77.2. The molecule has 4 atom stereocenters. The van der Waals surface area contributed by atoms with Gasteiger partial charge in [-0.1, -0.05) is 120 Å². The highest BCUT2D eigenvalue weighted by molar-refractivity contribution is 6.00. The highest BCUT2D eigenvalue weighted by Crippen LogP contribution is 2.47. The number of allylic oxidation sites excluding steroid dienone is 4. The Kier molecular flexibility index (Phi) is 29.7. The number of cyclic esters (lactones) is 12. The Morgan fingerprint density at radius 1 is 0.327 bits per heavy atom. The number of esters is 12. The Balaban J connectivity index is 0.000000163. The lowest BCUT2D eigenvalue weighted by atomic mass is 9.68. The summed E-state index contributed by atoms with van der Waals surface area (Å²) in [6, 6.07) is 10.5. The molecule has 0 amide bonds. The molecule has 20 nitrogen and oxygen atoms in total. The van der Waals surface area contributed by atoms with Crippen molar-refractivity contribution in [2.24, 2.45) is 76.9 Å². The molecular weight excluding hydrogens is 1400 g/mol. The van der Waals surface area contributed by atoms with Gasteiger partial charge in [-0.25, -0.2) is 0 Å². The van der Waals surface area contributed by atoms with Crippen molar-refractivity contribution in [2.75, 3.05) is 6.61 Å². The molecule has 0 aromatic heterocycles. The maximum absolute atomic E-state index is 12.4. The van der Waals surface area contributed by atoms with Crippen molar-refractivity contribution in [3.63, 3.8) is 0 Å². The molecule has 6 aliphatic heterocycles. The molecule has 598 valence electrons. The molecule has 14 rings (SSSR count). The first-order valence-electron chi connectivity index (χ1n) is 42.6. The van der Waals surface area contributed by atoms with Crippen molar-refractivity contribution < 1.29 is 95.4 Å². The van der Waals surface area contributed by atoms with Gasteiger partial charge in [-0.3, -0.25) is 57.5 Å². The van der Waals surface area contributed by atoms with Crippen LogP contribution in [0, 0.1) is 76.9 Å². The quantitative estimate of drug-likeness (QED) is 0.0293. The standard InChI is InChI=1S/C40H54O7.C34H44O7.C16H20O6/c1-2-3-4-5-26-8-14-29(15-9-26)30-16-10-27(11-17-30)6-7-28-12-19-33(20-13-28)45-25-32-22-31(35-23-37(41)46-39(35)43)18-21-34(32)36-24-38(42)47-40(36)44;1-2-4-22-6-10-24(11-7-22)14-15-25-12-8-23(9-13-25)5-3-18-39-30-19-26(28-20-31(35)40-33(28)37)16-17-27(30)29-21-32(36)41-34(29)38;17-13-5-11(6-14(18)21-13)9-1-2-10(4-3-9)12-7-15(19)22-16(20)8-12/h6-7,18,21-22,26-30,33,35-36H,2-5,8-17,19-20,23-25H2,1H3;14-17,19,22-25,28-29H,2-13,18,20-21H2,1H3;9-12H,1-8H2/b7-6+;15-14+;. The minimum atomic E-state index is -0.724. The molecule has 12 fully saturated rings. The molecule has 110 heavy (non-hydrogen) atoms. The number of carbonyl (C=O) groups is 12. The summed E-state index contributed by atoms with van der Waals surface area (Å²) in [4.78, 5) is 142. The van der Waals surface area contributed by atoms with E-state index < -0.39 is 95.3 Å². The lowest BCUT2D eigenvalue weighted by molar-refractivity contribution is -0.169. The van der Waals surface area contributed by atoms with Crippen molar-refractivity contribution >= 4 is 71.6 Å². The maximum Gasteiger partial charge on any atom is 0.321 e. The fourth-order valence-electron chi connectivity index (χ4n) is 20.6. The number of rotatable bonds is 25. The second-order valence-electron chi connectivity index (χ2n) is 34.6. The lowest BCUT2D eigenvalue weighted by Crippen LogP contribution is -2.35. The molecule has 0 spiro atoms. The van der Waals surface area contributed by atoms with Crippen LogP contribution in [0.3, 0.4) is 0 Å². The summed E-state index contributed by atoms with van der Waals surface area (Å²) in [6.45, 7) is 5.35. The van der Waals surface area contributed by atoms with Gasteiger partial charge in [-0.15, -0.1) is 0 Å². The number of hydrogen-bond acceptors (Lipinski definition) is 20. The molecule has 6 aliphatic carbocycles.